The van der Waals surface area contributed by atoms with Crippen LogP contribution in [-0.4, -0.2) is 50.2 Å². The zero-order valence-electron chi connectivity index (χ0n) is 13.3. The molecule has 19 heavy (non-hydrogen) atoms. The topological polar surface area (TPSA) is 43.8 Å². The number of amides is 2. The summed E-state index contributed by atoms with van der Waals surface area (Å²) in [4.78, 5) is 16.4. The fourth-order valence-electron chi connectivity index (χ4n) is 2.89. The van der Waals surface area contributed by atoms with Gasteiger partial charge in [-0.25, -0.2) is 4.79 Å². The second-order valence-corrected chi connectivity index (χ2v) is 7.32. The van der Waals surface area contributed by atoms with Crippen molar-refractivity contribution in [3.63, 3.8) is 0 Å². The zero-order chi connectivity index (χ0) is 15.2. The molecule has 4 heteroatoms. The monoisotopic (exact) mass is 268 g/mol. The summed E-state index contributed by atoms with van der Waals surface area (Å²) in [6.45, 7) is 17.6. The summed E-state index contributed by atoms with van der Waals surface area (Å²) in [5.41, 5.74) is -0.636. The molecule has 4 nitrogen and oxygen atoms in total. The highest BCUT2D eigenvalue weighted by Gasteiger charge is 2.53. The number of hydrogen-bond donors (Lipinski definition) is 1. The van der Waals surface area contributed by atoms with E-state index in [1.54, 1.807) is 17.9 Å². The molecule has 1 heterocycles. The van der Waals surface area contributed by atoms with Crippen molar-refractivity contribution in [2.24, 2.45) is 0 Å². The normalized spacial score (nSPS) is 26.8. The SMILES string of the molecule is C=C[C@@H]1[C@@H]([C@@H](C)O)N(C(C)(C)C)C(=O)N1C(C)(C)C. The van der Waals surface area contributed by atoms with Gasteiger partial charge in [-0.15, -0.1) is 6.58 Å². The number of carbonyl (C=O) groups is 1. The van der Waals surface area contributed by atoms with Crippen LogP contribution in [-0.2, 0) is 0 Å². The van der Waals surface area contributed by atoms with Gasteiger partial charge in [0.25, 0.3) is 0 Å². The molecular weight excluding hydrogens is 240 g/mol. The molecule has 1 saturated heterocycles. The highest BCUT2D eigenvalue weighted by molar-refractivity contribution is 5.80. The van der Waals surface area contributed by atoms with Crippen molar-refractivity contribution in [2.75, 3.05) is 0 Å². The Morgan fingerprint density at radius 1 is 1.16 bits per heavy atom. The Morgan fingerprint density at radius 3 is 1.84 bits per heavy atom. The maximum absolute atomic E-state index is 12.8. The average molecular weight is 268 g/mol. The van der Waals surface area contributed by atoms with Crippen molar-refractivity contribution in [2.45, 2.75) is 77.7 Å². The molecular formula is C15H28N2O2. The lowest BCUT2D eigenvalue weighted by molar-refractivity contribution is 0.0510. The Hall–Kier alpha value is -1.03. The van der Waals surface area contributed by atoms with E-state index < -0.39 is 6.10 Å². The lowest BCUT2D eigenvalue weighted by Gasteiger charge is -2.38. The molecule has 0 bridgehead atoms. The Kier molecular flexibility index (Phi) is 4.06. The first kappa shape index (κ1) is 16.0. The fraction of sp³-hybridized carbons (Fsp3) is 0.800. The first-order chi connectivity index (χ1) is 8.42. The zero-order valence-corrected chi connectivity index (χ0v) is 13.3. The van der Waals surface area contributed by atoms with Gasteiger partial charge in [0, 0.05) is 11.1 Å². The standard InChI is InChI=1S/C15H28N2O2/c1-9-11-12(10(2)18)17(15(6,7)8)13(19)16(11)14(3,4)5/h9-12,18H,1H2,2-8H3/t10-,11-,12-/m1/s1. The van der Waals surface area contributed by atoms with Crippen LogP contribution in [0.5, 0.6) is 0 Å². The van der Waals surface area contributed by atoms with Crippen LogP contribution < -0.4 is 0 Å². The van der Waals surface area contributed by atoms with Gasteiger partial charge in [0.15, 0.2) is 0 Å². The fourth-order valence-corrected chi connectivity index (χ4v) is 2.89. The Balaban J connectivity index is 3.34. The van der Waals surface area contributed by atoms with Gasteiger partial charge in [-0.05, 0) is 48.5 Å². The van der Waals surface area contributed by atoms with Crippen LogP contribution in [0, 0.1) is 0 Å². The third-order valence-corrected chi connectivity index (χ3v) is 3.54. The molecule has 0 aromatic heterocycles. The van der Waals surface area contributed by atoms with Crippen LogP contribution in [0.25, 0.3) is 0 Å². The number of nitrogens with zero attached hydrogens (tertiary/aromatic N) is 2. The van der Waals surface area contributed by atoms with E-state index in [2.05, 4.69) is 6.58 Å². The minimum Gasteiger partial charge on any atom is -0.391 e. The van der Waals surface area contributed by atoms with Crippen LogP contribution >= 0.6 is 0 Å². The van der Waals surface area contributed by atoms with E-state index in [4.69, 9.17) is 0 Å². The number of hydrogen-bond acceptors (Lipinski definition) is 2. The van der Waals surface area contributed by atoms with Crippen LogP contribution in [0.3, 0.4) is 0 Å². The third kappa shape index (κ3) is 2.78. The largest absolute Gasteiger partial charge is 0.391 e. The molecule has 1 aliphatic rings. The van der Waals surface area contributed by atoms with E-state index in [0.29, 0.717) is 0 Å². The summed E-state index contributed by atoms with van der Waals surface area (Å²) >= 11 is 0. The second kappa shape index (κ2) is 4.82. The van der Waals surface area contributed by atoms with Gasteiger partial charge in [0.05, 0.1) is 18.2 Å². The highest BCUT2D eigenvalue weighted by atomic mass is 16.3. The molecule has 3 atom stereocenters. The van der Waals surface area contributed by atoms with Gasteiger partial charge >= 0.3 is 6.03 Å². The Morgan fingerprint density at radius 2 is 1.58 bits per heavy atom. The molecule has 0 aliphatic carbocycles. The van der Waals surface area contributed by atoms with E-state index in [1.807, 2.05) is 46.4 Å². The van der Waals surface area contributed by atoms with Crippen molar-refractivity contribution in [1.82, 2.24) is 9.80 Å². The number of carbonyl (C=O) groups excluding carboxylic acids is 1. The van der Waals surface area contributed by atoms with Crippen molar-refractivity contribution < 1.29 is 9.90 Å². The average Bonchev–Trinajstić information content (AvgIpc) is 2.49. The Labute approximate surface area is 117 Å². The van der Waals surface area contributed by atoms with Crippen LogP contribution in [0.15, 0.2) is 12.7 Å². The van der Waals surface area contributed by atoms with Gasteiger partial charge in [-0.2, -0.15) is 0 Å². The Bertz CT molecular complexity index is 363. The van der Waals surface area contributed by atoms with Crippen LogP contribution in [0.1, 0.15) is 48.5 Å². The third-order valence-electron chi connectivity index (χ3n) is 3.54. The first-order valence-corrected chi connectivity index (χ1v) is 6.86. The minimum absolute atomic E-state index is 0.0317. The van der Waals surface area contributed by atoms with Crippen molar-refractivity contribution in [3.05, 3.63) is 12.7 Å². The van der Waals surface area contributed by atoms with Gasteiger partial charge in [-0.1, -0.05) is 6.08 Å². The lowest BCUT2D eigenvalue weighted by atomic mass is 9.96. The summed E-state index contributed by atoms with van der Waals surface area (Å²) in [7, 11) is 0. The van der Waals surface area contributed by atoms with Crippen molar-refractivity contribution in [1.29, 1.82) is 0 Å². The first-order valence-electron chi connectivity index (χ1n) is 6.86. The van der Waals surface area contributed by atoms with Crippen molar-refractivity contribution in [3.8, 4) is 0 Å². The summed E-state index contributed by atoms with van der Waals surface area (Å²) in [6.07, 6.45) is 1.17. The van der Waals surface area contributed by atoms with Gasteiger partial charge < -0.3 is 14.9 Å². The smallest absolute Gasteiger partial charge is 0.321 e. The van der Waals surface area contributed by atoms with Crippen molar-refractivity contribution >= 4 is 6.03 Å². The van der Waals surface area contributed by atoms with Gasteiger partial charge in [0.2, 0.25) is 0 Å². The predicted molar refractivity (Wildman–Crippen MR) is 78.0 cm³/mol. The maximum atomic E-state index is 12.8. The summed E-state index contributed by atoms with van der Waals surface area (Å²) in [5, 5.41) is 10.1. The predicted octanol–water partition coefficient (Wildman–Crippen LogP) is 2.63. The minimum atomic E-state index is -0.599. The van der Waals surface area contributed by atoms with Gasteiger partial charge in [0.1, 0.15) is 0 Å². The molecule has 0 aromatic carbocycles. The summed E-state index contributed by atoms with van der Waals surface area (Å²) < 4.78 is 0. The van der Waals surface area contributed by atoms with Crippen LogP contribution in [0.2, 0.25) is 0 Å². The molecule has 110 valence electrons. The second-order valence-electron chi connectivity index (χ2n) is 7.32. The number of aliphatic hydroxyl groups is 1. The molecule has 0 unspecified atom stereocenters. The van der Waals surface area contributed by atoms with E-state index >= 15 is 0 Å². The molecule has 0 aromatic rings. The molecule has 2 amide bonds. The van der Waals surface area contributed by atoms with Gasteiger partial charge in [-0.3, -0.25) is 0 Å². The molecule has 0 radical (unpaired) electrons. The summed E-state index contributed by atoms with van der Waals surface area (Å²) in [6, 6.07) is -0.466. The van der Waals surface area contributed by atoms with E-state index in [0.717, 1.165) is 0 Å². The van der Waals surface area contributed by atoms with Crippen LogP contribution in [0.4, 0.5) is 4.79 Å². The molecule has 1 aliphatic heterocycles. The van der Waals surface area contributed by atoms with E-state index in [9.17, 15) is 9.90 Å². The number of urea groups is 1. The molecule has 1 rings (SSSR count). The number of aliphatic hydroxyl groups excluding tert-OH is 1. The quantitative estimate of drug-likeness (QED) is 0.782. The summed E-state index contributed by atoms with van der Waals surface area (Å²) in [5.74, 6) is 0. The van der Waals surface area contributed by atoms with E-state index in [1.165, 1.54) is 0 Å². The molecule has 0 spiro atoms. The van der Waals surface area contributed by atoms with E-state index in [-0.39, 0.29) is 29.2 Å². The molecule has 0 saturated carbocycles. The molecule has 1 N–H and O–H groups in total. The number of rotatable bonds is 2. The molecule has 1 fully saturated rings. The highest BCUT2D eigenvalue weighted by Crippen LogP contribution is 2.36. The lowest BCUT2D eigenvalue weighted by Crippen LogP contribution is -2.52. The maximum Gasteiger partial charge on any atom is 0.321 e.